The molecule has 2 aromatic carbocycles. The molecule has 4 aromatic heterocycles. The lowest BCUT2D eigenvalue weighted by molar-refractivity contribution is 0.0343. The zero-order chi connectivity index (χ0) is 40.4. The Kier molecular flexibility index (Phi) is 11.0. The number of anilines is 2. The lowest BCUT2D eigenvalue weighted by Crippen LogP contribution is -2.35. The fourth-order valence-corrected chi connectivity index (χ4v) is 6.91. The number of primary amides is 2. The van der Waals surface area contributed by atoms with E-state index in [0.717, 1.165) is 5.56 Å². The summed E-state index contributed by atoms with van der Waals surface area (Å²) >= 11 is 0. The van der Waals surface area contributed by atoms with Gasteiger partial charge in [-0.05, 0) is 48.7 Å². The number of benzene rings is 2. The van der Waals surface area contributed by atoms with Crippen LogP contribution in [0.4, 0.5) is 11.9 Å². The Morgan fingerprint density at radius 2 is 1.28 bits per heavy atom. The van der Waals surface area contributed by atoms with Gasteiger partial charge in [0, 0.05) is 57.7 Å². The van der Waals surface area contributed by atoms with Crippen LogP contribution in [0.1, 0.15) is 84.4 Å². The maximum Gasteiger partial charge on any atom is 0.295 e. The van der Waals surface area contributed by atoms with Crippen molar-refractivity contribution in [3.8, 4) is 0 Å². The number of nitrogens with zero attached hydrogens (tertiary/aromatic N) is 7. The third-order valence-electron chi connectivity index (χ3n) is 9.62. The molecule has 7 rings (SSSR count). The summed E-state index contributed by atoms with van der Waals surface area (Å²) in [7, 11) is 0. The predicted octanol–water partition coefficient (Wildman–Crippen LogP) is 3.89. The third kappa shape index (κ3) is 8.03. The molecular weight excluding hydrogens is 734 g/mol. The number of nitrogens with one attached hydrogen (secondary N) is 2. The summed E-state index contributed by atoms with van der Waals surface area (Å²) in [6, 6.07) is 8.24. The summed E-state index contributed by atoms with van der Waals surface area (Å²) in [5.41, 5.74) is 15.9. The second-order valence-corrected chi connectivity index (χ2v) is 13.5. The summed E-state index contributed by atoms with van der Waals surface area (Å²) < 4.78 is 20.5. The first-order chi connectivity index (χ1) is 27.4. The first-order valence-corrected chi connectivity index (χ1v) is 18.6. The summed E-state index contributed by atoms with van der Waals surface area (Å²) in [6.07, 6.45) is 4.73. The number of oxazole rings is 2. The molecule has 6 aromatic rings. The van der Waals surface area contributed by atoms with E-state index in [9.17, 15) is 19.2 Å². The number of allylic oxidation sites excluding steroid dienone is 2. The van der Waals surface area contributed by atoms with Gasteiger partial charge in [-0.15, -0.1) is 0 Å². The molecule has 0 atom stereocenters. The minimum Gasteiger partial charge on any atom is -0.436 e. The van der Waals surface area contributed by atoms with Crippen LogP contribution in [0.5, 0.6) is 0 Å². The number of nitrogens with two attached hydrogens (primary N) is 2. The molecule has 296 valence electrons. The molecule has 18 heteroatoms. The zero-order valence-corrected chi connectivity index (χ0v) is 32.0. The van der Waals surface area contributed by atoms with E-state index in [1.807, 2.05) is 30.6 Å². The number of hydrogen-bond acceptors (Lipinski definition) is 12. The highest BCUT2D eigenvalue weighted by molar-refractivity contribution is 6.04. The van der Waals surface area contributed by atoms with Gasteiger partial charge < -0.3 is 34.2 Å². The largest absolute Gasteiger partial charge is 0.436 e. The standard InChI is InChI=1S/C39H43N11O7/c1-5-26-32(56-21(3)42-26)36(53)46-38-44-28-18-23(34(40)51)9-10-30(28)49(38)11-7-8-12-50-31-25(20-48-13-15-55-16-14-48)17-24(35(41)52)19-29(31)45-39(50)47-37(54)33-27(6-2)43-22(4)57-33/h7-10,17-19H,5-6,11-16,20H2,1-4H3,(H2,40,51)(H2,41,52)(H,44,46,53)(H,45,47,54)/b8-7+. The van der Waals surface area contributed by atoms with Crippen molar-refractivity contribution in [3.05, 3.63) is 93.9 Å². The summed E-state index contributed by atoms with van der Waals surface area (Å²) in [5.74, 6) is -0.939. The van der Waals surface area contributed by atoms with Crippen molar-refractivity contribution in [2.45, 2.75) is 60.2 Å². The molecule has 0 spiro atoms. The van der Waals surface area contributed by atoms with Gasteiger partial charge >= 0.3 is 0 Å². The highest BCUT2D eigenvalue weighted by Gasteiger charge is 2.25. The van der Waals surface area contributed by atoms with E-state index in [0.29, 0.717) is 90.9 Å². The van der Waals surface area contributed by atoms with Crippen molar-refractivity contribution < 1.29 is 32.7 Å². The normalized spacial score (nSPS) is 13.5. The maximum absolute atomic E-state index is 13.7. The molecule has 1 saturated heterocycles. The Labute approximate surface area is 326 Å². The molecule has 1 aliphatic rings. The lowest BCUT2D eigenvalue weighted by Gasteiger charge is -2.27. The molecular formula is C39H43N11O7. The van der Waals surface area contributed by atoms with Gasteiger partial charge in [-0.1, -0.05) is 26.0 Å². The number of amides is 4. The molecule has 6 N–H and O–H groups in total. The van der Waals surface area contributed by atoms with Gasteiger partial charge in [-0.25, -0.2) is 19.9 Å². The minimum atomic E-state index is -0.614. The lowest BCUT2D eigenvalue weighted by atomic mass is 10.1. The molecule has 0 saturated carbocycles. The van der Waals surface area contributed by atoms with E-state index in [1.54, 1.807) is 48.7 Å². The van der Waals surface area contributed by atoms with Gasteiger partial charge in [-0.3, -0.25) is 34.7 Å². The molecule has 0 bridgehead atoms. The van der Waals surface area contributed by atoms with E-state index in [4.69, 9.17) is 30.0 Å². The van der Waals surface area contributed by atoms with Crippen LogP contribution in [0, 0.1) is 13.8 Å². The van der Waals surface area contributed by atoms with Crippen molar-refractivity contribution in [3.63, 3.8) is 0 Å². The zero-order valence-electron chi connectivity index (χ0n) is 32.0. The Morgan fingerprint density at radius 1 is 0.737 bits per heavy atom. The first-order valence-electron chi connectivity index (χ1n) is 18.6. The van der Waals surface area contributed by atoms with Gasteiger partial charge in [-0.2, -0.15) is 0 Å². The van der Waals surface area contributed by atoms with Crippen LogP contribution in [-0.4, -0.2) is 83.9 Å². The first kappa shape index (κ1) is 38.6. The quantitative estimate of drug-likeness (QED) is 0.115. The number of aromatic nitrogens is 6. The van der Waals surface area contributed by atoms with E-state index in [2.05, 4.69) is 30.5 Å². The molecule has 1 fully saturated rings. The number of carbonyl (C=O) groups excluding carboxylic acids is 4. The van der Waals surface area contributed by atoms with Gasteiger partial charge in [0.15, 0.2) is 11.8 Å². The van der Waals surface area contributed by atoms with Crippen LogP contribution in [-0.2, 0) is 37.2 Å². The molecule has 0 aliphatic carbocycles. The fourth-order valence-electron chi connectivity index (χ4n) is 6.91. The van der Waals surface area contributed by atoms with E-state index in [-0.39, 0.29) is 47.6 Å². The molecule has 0 radical (unpaired) electrons. The summed E-state index contributed by atoms with van der Waals surface area (Å²) in [5, 5.41) is 5.77. The van der Waals surface area contributed by atoms with Crippen molar-refractivity contribution >= 4 is 57.6 Å². The van der Waals surface area contributed by atoms with E-state index in [1.165, 1.54) is 0 Å². The summed E-state index contributed by atoms with van der Waals surface area (Å²) in [6.45, 7) is 10.6. The number of rotatable bonds is 14. The number of aryl methyl sites for hydroxylation is 4. The average Bonchev–Trinajstić information content (AvgIpc) is 3.95. The number of ether oxygens (including phenoxy) is 1. The molecule has 1 aliphatic heterocycles. The third-order valence-corrected chi connectivity index (χ3v) is 9.62. The predicted molar refractivity (Wildman–Crippen MR) is 209 cm³/mol. The van der Waals surface area contributed by atoms with Crippen LogP contribution in [0.3, 0.4) is 0 Å². The van der Waals surface area contributed by atoms with Crippen molar-refractivity contribution in [2.75, 3.05) is 36.9 Å². The van der Waals surface area contributed by atoms with Crippen molar-refractivity contribution in [1.82, 2.24) is 34.0 Å². The SMILES string of the molecule is CCc1nc(C)oc1C(=O)Nc1nc2cc(C(N)=O)ccc2n1C/C=C/Cn1c(NC(=O)c2oc(C)nc2CC)nc2cc(C(N)=O)cc(CN3CCOCC3)c21. The average molecular weight is 778 g/mol. The molecule has 18 nitrogen and oxygen atoms in total. The van der Waals surface area contributed by atoms with Crippen LogP contribution in [0.15, 0.2) is 51.3 Å². The second kappa shape index (κ2) is 16.2. The second-order valence-electron chi connectivity index (χ2n) is 13.5. The van der Waals surface area contributed by atoms with Crippen molar-refractivity contribution in [1.29, 1.82) is 0 Å². The highest BCUT2D eigenvalue weighted by atomic mass is 16.5. The molecule has 0 unspecified atom stereocenters. The van der Waals surface area contributed by atoms with Gasteiger partial charge in [0.2, 0.25) is 35.2 Å². The number of morpholine rings is 1. The van der Waals surface area contributed by atoms with Crippen LogP contribution >= 0.6 is 0 Å². The van der Waals surface area contributed by atoms with Crippen LogP contribution in [0.2, 0.25) is 0 Å². The number of carbonyl (C=O) groups is 4. The van der Waals surface area contributed by atoms with E-state index >= 15 is 0 Å². The van der Waals surface area contributed by atoms with Gasteiger partial charge in [0.1, 0.15) is 0 Å². The van der Waals surface area contributed by atoms with Crippen LogP contribution in [0.25, 0.3) is 22.1 Å². The highest BCUT2D eigenvalue weighted by Crippen LogP contribution is 2.29. The fraction of sp³-hybridized carbons (Fsp3) is 0.333. The molecule has 4 amide bonds. The minimum absolute atomic E-state index is 0.0856. The smallest absolute Gasteiger partial charge is 0.295 e. The van der Waals surface area contributed by atoms with Gasteiger partial charge in [0.25, 0.3) is 11.8 Å². The molecule has 5 heterocycles. The van der Waals surface area contributed by atoms with Crippen molar-refractivity contribution in [2.24, 2.45) is 11.5 Å². The monoisotopic (exact) mass is 777 g/mol. The Bertz CT molecular complexity index is 2550. The molecule has 57 heavy (non-hydrogen) atoms. The van der Waals surface area contributed by atoms with E-state index < -0.39 is 23.6 Å². The number of fused-ring (bicyclic) bond motifs is 2. The Hall–Kier alpha value is -6.66. The number of hydrogen-bond donors (Lipinski definition) is 4. The summed E-state index contributed by atoms with van der Waals surface area (Å²) in [4.78, 5) is 71.9. The van der Waals surface area contributed by atoms with Crippen LogP contribution < -0.4 is 22.1 Å². The Morgan fingerprint density at radius 3 is 1.86 bits per heavy atom. The number of imidazole rings is 2. The topological polar surface area (TPSA) is 245 Å². The Balaban J connectivity index is 1.26. The maximum atomic E-state index is 13.7. The van der Waals surface area contributed by atoms with Gasteiger partial charge in [0.05, 0.1) is 46.7 Å².